The molecule has 2 N–H and O–H groups in total. The van der Waals surface area contributed by atoms with E-state index in [1.807, 2.05) is 6.92 Å². The van der Waals surface area contributed by atoms with Gasteiger partial charge in [-0.15, -0.1) is 24.8 Å². The summed E-state index contributed by atoms with van der Waals surface area (Å²) in [6.07, 6.45) is 3.74. The first-order valence-electron chi connectivity index (χ1n) is 7.87. The van der Waals surface area contributed by atoms with Crippen molar-refractivity contribution in [1.29, 1.82) is 0 Å². The van der Waals surface area contributed by atoms with Gasteiger partial charge in [0.1, 0.15) is 0 Å². The largest absolute Gasteiger partial charge is 0.356 e. The summed E-state index contributed by atoms with van der Waals surface area (Å²) in [6.45, 7) is 10.8. The third-order valence-electron chi connectivity index (χ3n) is 4.76. The summed E-state index contributed by atoms with van der Waals surface area (Å²) in [7, 11) is 0. The highest BCUT2D eigenvalue weighted by Crippen LogP contribution is 2.16. The van der Waals surface area contributed by atoms with Gasteiger partial charge < -0.3 is 15.5 Å². The molecular weight excluding hydrogens is 309 g/mol. The average molecular weight is 340 g/mol. The predicted octanol–water partition coefficient (Wildman–Crippen LogP) is 1.92. The minimum atomic E-state index is 0. The van der Waals surface area contributed by atoms with Gasteiger partial charge in [-0.05, 0) is 63.8 Å². The van der Waals surface area contributed by atoms with E-state index in [0.717, 1.165) is 38.5 Å². The molecule has 4 nitrogen and oxygen atoms in total. The van der Waals surface area contributed by atoms with Gasteiger partial charge in [0.2, 0.25) is 5.91 Å². The second-order valence-corrected chi connectivity index (χ2v) is 6.38. The van der Waals surface area contributed by atoms with E-state index in [4.69, 9.17) is 0 Å². The normalized spacial score (nSPS) is 21.6. The third kappa shape index (κ3) is 6.72. The molecule has 0 radical (unpaired) electrons. The number of hydrogen-bond acceptors (Lipinski definition) is 3. The molecule has 1 amide bonds. The number of carbonyl (C=O) groups excluding carboxylic acids is 1. The van der Waals surface area contributed by atoms with E-state index in [-0.39, 0.29) is 36.6 Å². The van der Waals surface area contributed by atoms with E-state index in [0.29, 0.717) is 5.92 Å². The molecule has 2 heterocycles. The molecule has 0 saturated carbocycles. The SMILES string of the molecule is CC1CCN(CCCNC(=O)C(C)C2CNC2)CC1.Cl.Cl. The van der Waals surface area contributed by atoms with Gasteiger partial charge in [0.15, 0.2) is 0 Å². The maximum Gasteiger partial charge on any atom is 0.223 e. The van der Waals surface area contributed by atoms with E-state index >= 15 is 0 Å². The lowest BCUT2D eigenvalue weighted by atomic mass is 9.88. The Labute approximate surface area is 141 Å². The van der Waals surface area contributed by atoms with Gasteiger partial charge in [0.25, 0.3) is 0 Å². The molecule has 21 heavy (non-hydrogen) atoms. The van der Waals surface area contributed by atoms with Gasteiger partial charge >= 0.3 is 0 Å². The molecule has 0 aromatic carbocycles. The molecule has 2 aliphatic rings. The van der Waals surface area contributed by atoms with E-state index in [1.165, 1.54) is 25.9 Å². The van der Waals surface area contributed by atoms with Crippen LogP contribution >= 0.6 is 24.8 Å². The molecule has 0 bridgehead atoms. The summed E-state index contributed by atoms with van der Waals surface area (Å²) in [4.78, 5) is 14.5. The van der Waals surface area contributed by atoms with Crippen LogP contribution in [0.3, 0.4) is 0 Å². The number of halogens is 2. The molecule has 0 aromatic heterocycles. The Morgan fingerprint density at radius 2 is 1.90 bits per heavy atom. The van der Waals surface area contributed by atoms with Crippen LogP contribution in [0.1, 0.15) is 33.1 Å². The van der Waals surface area contributed by atoms with Crippen molar-refractivity contribution in [2.75, 3.05) is 39.3 Å². The van der Waals surface area contributed by atoms with Crippen molar-refractivity contribution in [3.05, 3.63) is 0 Å². The van der Waals surface area contributed by atoms with Crippen molar-refractivity contribution in [3.8, 4) is 0 Å². The van der Waals surface area contributed by atoms with E-state index in [1.54, 1.807) is 0 Å². The number of amides is 1. The van der Waals surface area contributed by atoms with Crippen LogP contribution in [-0.4, -0.2) is 50.1 Å². The molecule has 2 rings (SSSR count). The van der Waals surface area contributed by atoms with Crippen LogP contribution in [0.5, 0.6) is 0 Å². The molecule has 0 aromatic rings. The van der Waals surface area contributed by atoms with Crippen LogP contribution in [-0.2, 0) is 4.79 Å². The number of nitrogens with zero attached hydrogens (tertiary/aromatic N) is 1. The molecule has 6 heteroatoms. The van der Waals surface area contributed by atoms with E-state index < -0.39 is 0 Å². The Hall–Kier alpha value is -0.0300. The lowest BCUT2D eigenvalue weighted by Gasteiger charge is -2.32. The summed E-state index contributed by atoms with van der Waals surface area (Å²) in [5.74, 6) is 1.84. The van der Waals surface area contributed by atoms with Crippen LogP contribution < -0.4 is 10.6 Å². The second-order valence-electron chi connectivity index (χ2n) is 6.38. The van der Waals surface area contributed by atoms with E-state index in [9.17, 15) is 4.79 Å². The molecule has 0 aliphatic carbocycles. The Morgan fingerprint density at radius 3 is 2.43 bits per heavy atom. The van der Waals surface area contributed by atoms with Gasteiger partial charge in [-0.25, -0.2) is 0 Å². The number of rotatable bonds is 6. The Bertz CT molecular complexity index is 293. The molecule has 126 valence electrons. The van der Waals surface area contributed by atoms with Crippen molar-refractivity contribution < 1.29 is 4.79 Å². The fraction of sp³-hybridized carbons (Fsp3) is 0.933. The smallest absolute Gasteiger partial charge is 0.223 e. The number of nitrogens with one attached hydrogen (secondary N) is 2. The van der Waals surface area contributed by atoms with Crippen LogP contribution in [0.2, 0.25) is 0 Å². The van der Waals surface area contributed by atoms with Crippen molar-refractivity contribution in [2.45, 2.75) is 33.1 Å². The lowest BCUT2D eigenvalue weighted by Crippen LogP contribution is -2.49. The fourth-order valence-electron chi connectivity index (χ4n) is 2.84. The highest BCUT2D eigenvalue weighted by atomic mass is 35.5. The topological polar surface area (TPSA) is 44.4 Å². The number of piperidine rings is 1. The van der Waals surface area contributed by atoms with Crippen molar-refractivity contribution in [2.24, 2.45) is 17.8 Å². The second kappa shape index (κ2) is 10.7. The first kappa shape index (κ1) is 21.0. The summed E-state index contributed by atoms with van der Waals surface area (Å²) in [6, 6.07) is 0. The highest BCUT2D eigenvalue weighted by Gasteiger charge is 2.28. The minimum absolute atomic E-state index is 0. The zero-order valence-corrected chi connectivity index (χ0v) is 14.9. The average Bonchev–Trinajstić information content (AvgIpc) is 2.34. The van der Waals surface area contributed by atoms with Gasteiger partial charge in [-0.2, -0.15) is 0 Å². The van der Waals surface area contributed by atoms with Gasteiger partial charge in [0, 0.05) is 12.5 Å². The molecule has 2 saturated heterocycles. The zero-order valence-electron chi connectivity index (χ0n) is 13.3. The van der Waals surface area contributed by atoms with Gasteiger partial charge in [0.05, 0.1) is 0 Å². The number of carbonyl (C=O) groups is 1. The Kier molecular flexibility index (Phi) is 10.6. The van der Waals surface area contributed by atoms with Crippen LogP contribution in [0.15, 0.2) is 0 Å². The standard InChI is InChI=1S/C15H29N3O.2ClH/c1-12-4-8-18(9-5-12)7-3-6-17-15(19)13(2)14-10-16-11-14;;/h12-14,16H,3-11H2,1-2H3,(H,17,19);2*1H. The van der Waals surface area contributed by atoms with E-state index in [2.05, 4.69) is 22.5 Å². The van der Waals surface area contributed by atoms with Crippen LogP contribution in [0.4, 0.5) is 0 Å². The summed E-state index contributed by atoms with van der Waals surface area (Å²) < 4.78 is 0. The van der Waals surface area contributed by atoms with Crippen LogP contribution in [0, 0.1) is 17.8 Å². The summed E-state index contributed by atoms with van der Waals surface area (Å²) in [5, 5.41) is 6.31. The molecule has 1 unspecified atom stereocenters. The Balaban J connectivity index is 0.00000200. The highest BCUT2D eigenvalue weighted by molar-refractivity contribution is 5.85. The monoisotopic (exact) mass is 339 g/mol. The number of likely N-dealkylation sites (tertiary alicyclic amines) is 1. The molecule has 0 spiro atoms. The predicted molar refractivity (Wildman–Crippen MR) is 92.5 cm³/mol. The summed E-state index contributed by atoms with van der Waals surface area (Å²) >= 11 is 0. The maximum atomic E-state index is 11.9. The maximum absolute atomic E-state index is 11.9. The molecule has 1 atom stereocenters. The van der Waals surface area contributed by atoms with Gasteiger partial charge in [-0.1, -0.05) is 13.8 Å². The quantitative estimate of drug-likeness (QED) is 0.726. The minimum Gasteiger partial charge on any atom is -0.356 e. The van der Waals surface area contributed by atoms with Crippen molar-refractivity contribution in [1.82, 2.24) is 15.5 Å². The van der Waals surface area contributed by atoms with Crippen molar-refractivity contribution in [3.63, 3.8) is 0 Å². The number of hydrogen-bond donors (Lipinski definition) is 2. The molecule has 2 fully saturated rings. The first-order chi connectivity index (χ1) is 9.16. The van der Waals surface area contributed by atoms with Crippen molar-refractivity contribution >= 4 is 30.7 Å². The molecule has 2 aliphatic heterocycles. The summed E-state index contributed by atoms with van der Waals surface area (Å²) in [5.41, 5.74) is 0. The lowest BCUT2D eigenvalue weighted by molar-refractivity contribution is -0.126. The van der Waals surface area contributed by atoms with Gasteiger partial charge in [-0.3, -0.25) is 4.79 Å². The first-order valence-corrected chi connectivity index (χ1v) is 7.87. The Morgan fingerprint density at radius 1 is 1.29 bits per heavy atom. The fourth-order valence-corrected chi connectivity index (χ4v) is 2.84. The van der Waals surface area contributed by atoms with Crippen LogP contribution in [0.25, 0.3) is 0 Å². The third-order valence-corrected chi connectivity index (χ3v) is 4.76. The molecular formula is C15H31Cl2N3O. The zero-order chi connectivity index (χ0) is 13.7.